The van der Waals surface area contributed by atoms with Crippen LogP contribution in [0, 0.1) is 0 Å². The minimum absolute atomic E-state index is 0.519. The van der Waals surface area contributed by atoms with Crippen LogP contribution in [0.1, 0.15) is 0 Å². The number of hydrogen-bond donors (Lipinski definition) is 1. The van der Waals surface area contributed by atoms with Crippen molar-refractivity contribution in [1.29, 1.82) is 0 Å². The number of fused-ring (bicyclic) bond motifs is 1. The Bertz CT molecular complexity index is 396. The summed E-state index contributed by atoms with van der Waals surface area (Å²) in [6, 6.07) is 5.73. The van der Waals surface area contributed by atoms with E-state index in [0.29, 0.717) is 13.2 Å². The molecule has 68 valence electrons. The van der Waals surface area contributed by atoms with Gasteiger partial charge in [0, 0.05) is 18.9 Å². The number of pyridine rings is 1. The standard InChI is InChI=1S/C9H11N3O/c10-4-7-13-9-3-1-2-8-11-5-6-12(8)9/h1-3,5-6H,4,7,10H2. The summed E-state index contributed by atoms with van der Waals surface area (Å²) in [6.07, 6.45) is 3.60. The number of imidazole rings is 1. The highest BCUT2D eigenvalue weighted by Gasteiger charge is 1.99. The second-order valence-electron chi connectivity index (χ2n) is 2.66. The van der Waals surface area contributed by atoms with E-state index in [2.05, 4.69) is 4.98 Å². The van der Waals surface area contributed by atoms with Crippen molar-refractivity contribution in [1.82, 2.24) is 9.38 Å². The molecule has 2 aromatic heterocycles. The third-order valence-electron chi connectivity index (χ3n) is 1.76. The molecule has 2 rings (SSSR count). The Labute approximate surface area is 76.0 Å². The molecule has 13 heavy (non-hydrogen) atoms. The van der Waals surface area contributed by atoms with Gasteiger partial charge in [-0.25, -0.2) is 4.98 Å². The number of rotatable bonds is 3. The van der Waals surface area contributed by atoms with E-state index in [4.69, 9.17) is 10.5 Å². The van der Waals surface area contributed by atoms with Crippen LogP contribution in [0.2, 0.25) is 0 Å². The fraction of sp³-hybridized carbons (Fsp3) is 0.222. The number of hydrogen-bond acceptors (Lipinski definition) is 3. The second-order valence-corrected chi connectivity index (χ2v) is 2.66. The average Bonchev–Trinajstić information content (AvgIpc) is 2.62. The summed E-state index contributed by atoms with van der Waals surface area (Å²) in [5, 5.41) is 0. The van der Waals surface area contributed by atoms with Crippen LogP contribution >= 0.6 is 0 Å². The molecular weight excluding hydrogens is 166 g/mol. The Kier molecular flexibility index (Phi) is 2.14. The molecule has 0 spiro atoms. The summed E-state index contributed by atoms with van der Waals surface area (Å²) in [7, 11) is 0. The summed E-state index contributed by atoms with van der Waals surface area (Å²) in [4.78, 5) is 4.14. The molecule has 4 nitrogen and oxygen atoms in total. The lowest BCUT2D eigenvalue weighted by Crippen LogP contribution is -2.11. The number of aromatic nitrogens is 2. The van der Waals surface area contributed by atoms with Crippen molar-refractivity contribution in [3.8, 4) is 5.88 Å². The Morgan fingerprint density at radius 1 is 1.46 bits per heavy atom. The molecule has 0 fully saturated rings. The van der Waals surface area contributed by atoms with Gasteiger partial charge in [0.05, 0.1) is 0 Å². The van der Waals surface area contributed by atoms with E-state index in [1.54, 1.807) is 6.20 Å². The molecule has 0 atom stereocenters. The van der Waals surface area contributed by atoms with Crippen LogP contribution in [-0.4, -0.2) is 22.5 Å². The summed E-state index contributed by atoms with van der Waals surface area (Å²) in [5.41, 5.74) is 6.23. The fourth-order valence-electron chi connectivity index (χ4n) is 1.20. The Morgan fingerprint density at radius 2 is 2.38 bits per heavy atom. The van der Waals surface area contributed by atoms with Gasteiger partial charge in [-0.2, -0.15) is 0 Å². The molecule has 0 aliphatic carbocycles. The lowest BCUT2D eigenvalue weighted by molar-refractivity contribution is 0.312. The van der Waals surface area contributed by atoms with Crippen LogP contribution in [0.5, 0.6) is 5.88 Å². The van der Waals surface area contributed by atoms with Crippen molar-refractivity contribution in [2.45, 2.75) is 0 Å². The van der Waals surface area contributed by atoms with E-state index < -0.39 is 0 Å². The van der Waals surface area contributed by atoms with Gasteiger partial charge in [0.1, 0.15) is 12.3 Å². The zero-order valence-electron chi connectivity index (χ0n) is 7.18. The van der Waals surface area contributed by atoms with Gasteiger partial charge in [-0.3, -0.25) is 4.40 Å². The van der Waals surface area contributed by atoms with Crippen LogP contribution in [0.4, 0.5) is 0 Å². The van der Waals surface area contributed by atoms with E-state index in [1.165, 1.54) is 0 Å². The predicted molar refractivity (Wildman–Crippen MR) is 49.7 cm³/mol. The quantitative estimate of drug-likeness (QED) is 0.749. The summed E-state index contributed by atoms with van der Waals surface area (Å²) >= 11 is 0. The normalized spacial score (nSPS) is 10.5. The molecule has 0 unspecified atom stereocenters. The average molecular weight is 177 g/mol. The minimum atomic E-state index is 0.519. The van der Waals surface area contributed by atoms with Crippen molar-refractivity contribution < 1.29 is 4.74 Å². The maximum atomic E-state index is 5.42. The topological polar surface area (TPSA) is 52.5 Å². The lowest BCUT2D eigenvalue weighted by Gasteiger charge is -2.05. The second kappa shape index (κ2) is 3.45. The first kappa shape index (κ1) is 8.07. The van der Waals surface area contributed by atoms with Gasteiger partial charge in [0.25, 0.3) is 0 Å². The Morgan fingerprint density at radius 3 is 3.23 bits per heavy atom. The van der Waals surface area contributed by atoms with Gasteiger partial charge in [0.15, 0.2) is 5.88 Å². The first-order chi connectivity index (χ1) is 6.42. The number of nitrogens with two attached hydrogens (primary N) is 1. The van der Waals surface area contributed by atoms with Crippen LogP contribution in [0.15, 0.2) is 30.6 Å². The van der Waals surface area contributed by atoms with Gasteiger partial charge in [-0.1, -0.05) is 6.07 Å². The van der Waals surface area contributed by atoms with Crippen molar-refractivity contribution >= 4 is 5.65 Å². The zero-order valence-corrected chi connectivity index (χ0v) is 7.18. The van der Waals surface area contributed by atoms with Crippen molar-refractivity contribution in [3.63, 3.8) is 0 Å². The largest absolute Gasteiger partial charge is 0.477 e. The molecule has 0 saturated carbocycles. The zero-order chi connectivity index (χ0) is 9.10. The predicted octanol–water partition coefficient (Wildman–Crippen LogP) is 0.672. The number of ether oxygens (including phenoxy) is 1. The molecule has 2 aromatic rings. The highest BCUT2D eigenvalue weighted by atomic mass is 16.5. The molecular formula is C9H11N3O. The smallest absolute Gasteiger partial charge is 0.199 e. The number of nitrogens with zero attached hydrogens (tertiary/aromatic N) is 2. The Balaban J connectivity index is 2.37. The van der Waals surface area contributed by atoms with Gasteiger partial charge in [-0.05, 0) is 12.1 Å². The van der Waals surface area contributed by atoms with E-state index >= 15 is 0 Å². The molecule has 0 aliphatic rings. The van der Waals surface area contributed by atoms with E-state index in [9.17, 15) is 0 Å². The van der Waals surface area contributed by atoms with Gasteiger partial charge in [-0.15, -0.1) is 0 Å². The summed E-state index contributed by atoms with van der Waals surface area (Å²) in [6.45, 7) is 1.04. The Hall–Kier alpha value is -1.55. The highest BCUT2D eigenvalue weighted by molar-refractivity contribution is 5.41. The van der Waals surface area contributed by atoms with E-state index in [1.807, 2.05) is 28.8 Å². The van der Waals surface area contributed by atoms with Crippen LogP contribution in [-0.2, 0) is 0 Å². The van der Waals surface area contributed by atoms with E-state index in [-0.39, 0.29) is 0 Å². The summed E-state index contributed by atoms with van der Waals surface area (Å²) < 4.78 is 7.31. The molecule has 0 aliphatic heterocycles. The fourth-order valence-corrected chi connectivity index (χ4v) is 1.20. The van der Waals surface area contributed by atoms with Crippen molar-refractivity contribution in [2.24, 2.45) is 5.73 Å². The first-order valence-corrected chi connectivity index (χ1v) is 4.17. The maximum absolute atomic E-state index is 5.42. The van der Waals surface area contributed by atoms with Crippen LogP contribution < -0.4 is 10.5 Å². The van der Waals surface area contributed by atoms with Gasteiger partial charge in [0.2, 0.25) is 0 Å². The van der Waals surface area contributed by atoms with Crippen molar-refractivity contribution in [3.05, 3.63) is 30.6 Å². The summed E-state index contributed by atoms with van der Waals surface area (Å²) in [5.74, 6) is 0.778. The molecule has 0 radical (unpaired) electrons. The SMILES string of the molecule is NCCOc1cccc2nccn12. The third kappa shape index (κ3) is 1.48. The minimum Gasteiger partial charge on any atom is -0.477 e. The molecule has 0 aromatic carbocycles. The van der Waals surface area contributed by atoms with Gasteiger partial charge < -0.3 is 10.5 Å². The highest BCUT2D eigenvalue weighted by Crippen LogP contribution is 2.12. The van der Waals surface area contributed by atoms with Crippen LogP contribution in [0.25, 0.3) is 5.65 Å². The molecule has 2 N–H and O–H groups in total. The lowest BCUT2D eigenvalue weighted by atomic mass is 10.4. The molecule has 2 heterocycles. The molecule has 0 bridgehead atoms. The third-order valence-corrected chi connectivity index (χ3v) is 1.76. The molecule has 0 amide bonds. The molecule has 4 heteroatoms. The van der Waals surface area contributed by atoms with Gasteiger partial charge >= 0.3 is 0 Å². The van der Waals surface area contributed by atoms with Crippen LogP contribution in [0.3, 0.4) is 0 Å². The monoisotopic (exact) mass is 177 g/mol. The maximum Gasteiger partial charge on any atom is 0.199 e. The van der Waals surface area contributed by atoms with E-state index in [0.717, 1.165) is 11.5 Å². The molecule has 0 saturated heterocycles. The first-order valence-electron chi connectivity index (χ1n) is 4.17. The van der Waals surface area contributed by atoms with Crippen molar-refractivity contribution in [2.75, 3.05) is 13.2 Å².